The Hall–Kier alpha value is -3.11. The standard InChI is InChI=1S/C14H7ClN4O5S/c15-10-5-7(18(21)22)1-3-9(10)13(20)17-14-16-11-4-2-8(19(23)24)6-12(11)25-14/h1-6H,(H,16,17,20). The number of nitrogens with one attached hydrogen (secondary N) is 1. The molecule has 1 N–H and O–H groups in total. The van der Waals surface area contributed by atoms with Crippen LogP contribution in [0.2, 0.25) is 5.02 Å². The van der Waals surface area contributed by atoms with Gasteiger partial charge in [0.1, 0.15) is 0 Å². The summed E-state index contributed by atoms with van der Waals surface area (Å²) in [6.07, 6.45) is 0. The molecule has 0 radical (unpaired) electrons. The van der Waals surface area contributed by atoms with Gasteiger partial charge in [0.25, 0.3) is 17.3 Å². The summed E-state index contributed by atoms with van der Waals surface area (Å²) >= 11 is 6.98. The van der Waals surface area contributed by atoms with Crippen molar-refractivity contribution in [3.63, 3.8) is 0 Å². The van der Waals surface area contributed by atoms with Gasteiger partial charge in [-0.1, -0.05) is 22.9 Å². The molecule has 11 heteroatoms. The molecule has 0 saturated heterocycles. The summed E-state index contributed by atoms with van der Waals surface area (Å²) in [5.41, 5.74) is 0.250. The van der Waals surface area contributed by atoms with Crippen LogP contribution in [-0.4, -0.2) is 20.7 Å². The predicted octanol–water partition coefficient (Wildman–Crippen LogP) is 4.02. The normalized spacial score (nSPS) is 10.6. The Morgan fingerprint density at radius 3 is 2.36 bits per heavy atom. The van der Waals surface area contributed by atoms with Gasteiger partial charge < -0.3 is 0 Å². The molecular weight excluding hydrogens is 372 g/mol. The third-order valence-electron chi connectivity index (χ3n) is 3.21. The molecule has 25 heavy (non-hydrogen) atoms. The molecule has 0 aliphatic rings. The molecule has 0 unspecified atom stereocenters. The van der Waals surface area contributed by atoms with Crippen LogP contribution < -0.4 is 5.32 Å². The molecule has 1 aromatic heterocycles. The lowest BCUT2D eigenvalue weighted by atomic mass is 10.2. The van der Waals surface area contributed by atoms with E-state index < -0.39 is 15.8 Å². The molecule has 2 aromatic carbocycles. The Bertz CT molecular complexity index is 1040. The van der Waals surface area contributed by atoms with Gasteiger partial charge in [-0.25, -0.2) is 4.98 Å². The topological polar surface area (TPSA) is 128 Å². The van der Waals surface area contributed by atoms with Gasteiger partial charge in [0.15, 0.2) is 5.13 Å². The van der Waals surface area contributed by atoms with Gasteiger partial charge in [0.05, 0.1) is 30.6 Å². The number of amides is 1. The predicted molar refractivity (Wildman–Crippen MR) is 92.3 cm³/mol. The summed E-state index contributed by atoms with van der Waals surface area (Å²) < 4.78 is 0.541. The molecular formula is C14H7ClN4O5S. The molecule has 126 valence electrons. The van der Waals surface area contributed by atoms with Gasteiger partial charge in [0, 0.05) is 24.3 Å². The summed E-state index contributed by atoms with van der Waals surface area (Å²) in [6.45, 7) is 0. The van der Waals surface area contributed by atoms with Crippen molar-refractivity contribution >= 4 is 55.6 Å². The average molecular weight is 379 g/mol. The van der Waals surface area contributed by atoms with Crippen molar-refractivity contribution in [2.24, 2.45) is 0 Å². The van der Waals surface area contributed by atoms with Gasteiger partial charge in [-0.2, -0.15) is 0 Å². The second-order valence-corrected chi connectivity index (χ2v) is 6.24. The zero-order chi connectivity index (χ0) is 18.1. The summed E-state index contributed by atoms with van der Waals surface area (Å²) in [7, 11) is 0. The Kier molecular flexibility index (Phi) is 4.30. The zero-order valence-electron chi connectivity index (χ0n) is 12.1. The molecule has 9 nitrogen and oxygen atoms in total. The Morgan fingerprint density at radius 2 is 1.72 bits per heavy atom. The van der Waals surface area contributed by atoms with E-state index in [-0.39, 0.29) is 27.1 Å². The van der Waals surface area contributed by atoms with Crippen molar-refractivity contribution in [3.8, 4) is 0 Å². The Labute approximate surface area is 148 Å². The Balaban J connectivity index is 1.87. The van der Waals surface area contributed by atoms with Gasteiger partial charge >= 0.3 is 0 Å². The smallest absolute Gasteiger partial charge is 0.270 e. The molecule has 0 spiro atoms. The van der Waals surface area contributed by atoms with Crippen LogP contribution in [0.1, 0.15) is 10.4 Å². The van der Waals surface area contributed by atoms with Crippen molar-refractivity contribution in [2.75, 3.05) is 5.32 Å². The van der Waals surface area contributed by atoms with Crippen LogP contribution in [0.5, 0.6) is 0 Å². The average Bonchev–Trinajstić information content (AvgIpc) is 2.95. The molecule has 1 heterocycles. The maximum Gasteiger partial charge on any atom is 0.270 e. The number of carbonyl (C=O) groups is 1. The molecule has 3 aromatic rings. The quantitative estimate of drug-likeness (QED) is 0.539. The fourth-order valence-electron chi connectivity index (χ4n) is 2.05. The number of rotatable bonds is 4. The number of non-ortho nitro benzene ring substituents is 2. The van der Waals surface area contributed by atoms with Crippen LogP contribution in [0.15, 0.2) is 36.4 Å². The Morgan fingerprint density at radius 1 is 1.08 bits per heavy atom. The number of nitro benzene ring substituents is 2. The van der Waals surface area contributed by atoms with Crippen LogP contribution in [0.25, 0.3) is 10.2 Å². The van der Waals surface area contributed by atoms with Crippen LogP contribution in [0.3, 0.4) is 0 Å². The third kappa shape index (κ3) is 3.39. The second kappa shape index (κ2) is 6.42. The number of nitrogens with zero attached hydrogens (tertiary/aromatic N) is 3. The number of thiazole rings is 1. The largest absolute Gasteiger partial charge is 0.298 e. The van der Waals surface area contributed by atoms with E-state index >= 15 is 0 Å². The SMILES string of the molecule is O=C(Nc1nc2ccc([N+](=O)[O-])cc2s1)c1ccc([N+](=O)[O-])cc1Cl. The zero-order valence-corrected chi connectivity index (χ0v) is 13.7. The number of hydrogen-bond acceptors (Lipinski definition) is 7. The maximum absolute atomic E-state index is 12.3. The summed E-state index contributed by atoms with van der Waals surface area (Å²) in [5, 5.41) is 24.2. The van der Waals surface area contributed by atoms with E-state index in [0.29, 0.717) is 10.2 Å². The first-order valence-corrected chi connectivity index (χ1v) is 7.85. The van der Waals surface area contributed by atoms with Crippen molar-refractivity contribution in [2.45, 2.75) is 0 Å². The van der Waals surface area contributed by atoms with Gasteiger partial charge in [-0.3, -0.25) is 30.3 Å². The minimum atomic E-state index is -0.617. The van der Waals surface area contributed by atoms with Crippen molar-refractivity contribution in [3.05, 3.63) is 67.2 Å². The molecule has 0 aliphatic heterocycles. The summed E-state index contributed by atoms with van der Waals surface area (Å²) in [6, 6.07) is 7.66. The number of fused-ring (bicyclic) bond motifs is 1. The van der Waals surface area contributed by atoms with Crippen LogP contribution in [-0.2, 0) is 0 Å². The number of benzene rings is 2. The summed E-state index contributed by atoms with van der Waals surface area (Å²) in [4.78, 5) is 36.8. The number of carbonyl (C=O) groups excluding carboxylic acids is 1. The number of aromatic nitrogens is 1. The fraction of sp³-hybridized carbons (Fsp3) is 0. The number of hydrogen-bond donors (Lipinski definition) is 1. The number of halogens is 1. The van der Waals surface area contributed by atoms with Crippen LogP contribution >= 0.6 is 22.9 Å². The lowest BCUT2D eigenvalue weighted by Gasteiger charge is -2.03. The van der Waals surface area contributed by atoms with E-state index in [9.17, 15) is 25.0 Å². The summed E-state index contributed by atoms with van der Waals surface area (Å²) in [5.74, 6) is -0.589. The first kappa shape index (κ1) is 16.7. The highest BCUT2D eigenvalue weighted by atomic mass is 35.5. The highest BCUT2D eigenvalue weighted by Gasteiger charge is 2.17. The number of nitro groups is 2. The van der Waals surface area contributed by atoms with E-state index in [2.05, 4.69) is 10.3 Å². The molecule has 0 saturated carbocycles. The van der Waals surface area contributed by atoms with E-state index in [4.69, 9.17) is 11.6 Å². The fourth-order valence-corrected chi connectivity index (χ4v) is 3.20. The molecule has 1 amide bonds. The highest BCUT2D eigenvalue weighted by Crippen LogP contribution is 2.30. The molecule has 3 rings (SSSR count). The first-order chi connectivity index (χ1) is 11.8. The third-order valence-corrected chi connectivity index (χ3v) is 4.46. The first-order valence-electron chi connectivity index (χ1n) is 6.65. The molecule has 0 aliphatic carbocycles. The molecule has 0 bridgehead atoms. The van der Waals surface area contributed by atoms with Crippen molar-refractivity contribution in [1.82, 2.24) is 4.98 Å². The molecule has 0 atom stereocenters. The van der Waals surface area contributed by atoms with Crippen molar-refractivity contribution < 1.29 is 14.6 Å². The van der Waals surface area contributed by atoms with Crippen molar-refractivity contribution in [1.29, 1.82) is 0 Å². The maximum atomic E-state index is 12.3. The lowest BCUT2D eigenvalue weighted by molar-refractivity contribution is -0.385. The lowest BCUT2D eigenvalue weighted by Crippen LogP contribution is -2.12. The number of anilines is 1. The minimum Gasteiger partial charge on any atom is -0.298 e. The van der Waals surface area contributed by atoms with E-state index in [1.807, 2.05) is 0 Å². The van der Waals surface area contributed by atoms with Gasteiger partial charge in [0.2, 0.25) is 0 Å². The van der Waals surface area contributed by atoms with E-state index in [1.165, 1.54) is 30.3 Å². The van der Waals surface area contributed by atoms with Gasteiger partial charge in [-0.15, -0.1) is 0 Å². The monoisotopic (exact) mass is 378 g/mol. The van der Waals surface area contributed by atoms with E-state index in [1.54, 1.807) is 0 Å². The minimum absolute atomic E-state index is 0.0532. The van der Waals surface area contributed by atoms with Crippen LogP contribution in [0.4, 0.5) is 16.5 Å². The second-order valence-electron chi connectivity index (χ2n) is 4.80. The molecule has 0 fully saturated rings. The van der Waals surface area contributed by atoms with E-state index in [0.717, 1.165) is 17.4 Å². The van der Waals surface area contributed by atoms with Gasteiger partial charge in [-0.05, 0) is 12.1 Å². The highest BCUT2D eigenvalue weighted by molar-refractivity contribution is 7.22. The van der Waals surface area contributed by atoms with Crippen LogP contribution in [0, 0.1) is 20.2 Å².